The molecule has 1 aromatic carbocycles. The Morgan fingerprint density at radius 1 is 1.26 bits per heavy atom. The summed E-state index contributed by atoms with van der Waals surface area (Å²) in [7, 11) is 2.07. The lowest BCUT2D eigenvalue weighted by molar-refractivity contribution is 0.0526. The van der Waals surface area contributed by atoms with Gasteiger partial charge in [-0.3, -0.25) is 0 Å². The zero-order chi connectivity index (χ0) is 19.2. The third-order valence-electron chi connectivity index (χ3n) is 4.23. The van der Waals surface area contributed by atoms with Gasteiger partial charge in [-0.15, -0.1) is 0 Å². The Morgan fingerprint density at radius 2 is 2.04 bits per heavy atom. The molecule has 0 saturated carbocycles. The van der Waals surface area contributed by atoms with Gasteiger partial charge in [-0.1, -0.05) is 30.3 Å². The van der Waals surface area contributed by atoms with Gasteiger partial charge in [-0.05, 0) is 26.5 Å². The zero-order valence-electron chi connectivity index (χ0n) is 15.9. The lowest BCUT2D eigenvalue weighted by atomic mass is 10.2. The molecule has 0 fully saturated rings. The van der Waals surface area contributed by atoms with Gasteiger partial charge in [-0.2, -0.15) is 0 Å². The van der Waals surface area contributed by atoms with E-state index >= 15 is 0 Å². The summed E-state index contributed by atoms with van der Waals surface area (Å²) in [5.74, 6) is 0.633. The highest BCUT2D eigenvalue weighted by Gasteiger charge is 2.23. The third kappa shape index (κ3) is 4.43. The first-order chi connectivity index (χ1) is 13.1. The molecule has 3 aromatic rings. The van der Waals surface area contributed by atoms with E-state index in [1.165, 1.54) is 11.9 Å². The monoisotopic (exact) mass is 368 g/mol. The molecule has 7 heteroatoms. The van der Waals surface area contributed by atoms with Gasteiger partial charge in [0.2, 0.25) is 5.71 Å². The number of anilines is 1. The number of benzene rings is 1. The van der Waals surface area contributed by atoms with Crippen LogP contribution in [-0.4, -0.2) is 47.6 Å². The van der Waals surface area contributed by atoms with Crippen LogP contribution in [0.2, 0.25) is 0 Å². The first-order valence-corrected chi connectivity index (χ1v) is 8.97. The van der Waals surface area contributed by atoms with E-state index < -0.39 is 5.97 Å². The lowest BCUT2D eigenvalue weighted by Crippen LogP contribution is -2.25. The predicted molar refractivity (Wildman–Crippen MR) is 104 cm³/mol. The minimum atomic E-state index is -0.423. The summed E-state index contributed by atoms with van der Waals surface area (Å²) < 4.78 is 10.8. The molecular weight excluding hydrogens is 344 g/mol. The van der Waals surface area contributed by atoms with Gasteiger partial charge in [0, 0.05) is 19.6 Å². The number of esters is 1. The summed E-state index contributed by atoms with van der Waals surface area (Å²) >= 11 is 0. The number of carbonyl (C=O) groups is 1. The summed E-state index contributed by atoms with van der Waals surface area (Å²) in [5.41, 5.74) is 2.03. The predicted octanol–water partition coefficient (Wildman–Crippen LogP) is 3.25. The van der Waals surface area contributed by atoms with E-state index in [1.54, 1.807) is 13.8 Å². The van der Waals surface area contributed by atoms with Crippen LogP contribution in [0.3, 0.4) is 0 Å². The summed E-state index contributed by atoms with van der Waals surface area (Å²) in [6.07, 6.45) is 1.43. The molecule has 0 bridgehead atoms. The van der Waals surface area contributed by atoms with E-state index in [2.05, 4.69) is 39.4 Å². The van der Waals surface area contributed by atoms with Crippen LogP contribution in [0.5, 0.6) is 0 Å². The molecule has 0 atom stereocenters. The van der Waals surface area contributed by atoms with Crippen LogP contribution in [0.1, 0.15) is 28.6 Å². The standard InChI is InChI=1S/C20H24N4O3/c1-4-26-20(25)16-14(2)27-19-17(16)18(22-13-23-19)21-10-11-24(3)12-15-8-6-5-7-9-15/h5-9,13H,4,10-12H2,1-3H3,(H,21,22,23). The fraction of sp³-hybridized carbons (Fsp3) is 0.350. The van der Waals surface area contributed by atoms with Crippen LogP contribution in [0.4, 0.5) is 5.82 Å². The number of hydrogen-bond acceptors (Lipinski definition) is 7. The fourth-order valence-electron chi connectivity index (χ4n) is 2.97. The largest absolute Gasteiger partial charge is 0.462 e. The van der Waals surface area contributed by atoms with Crippen molar-refractivity contribution in [3.8, 4) is 0 Å². The van der Waals surface area contributed by atoms with Crippen molar-refractivity contribution < 1.29 is 13.9 Å². The molecule has 0 radical (unpaired) electrons. The second kappa shape index (κ2) is 8.64. The maximum absolute atomic E-state index is 12.3. The molecule has 0 aliphatic heterocycles. The summed E-state index contributed by atoms with van der Waals surface area (Å²) in [6.45, 7) is 6.14. The number of fused-ring (bicyclic) bond motifs is 1. The van der Waals surface area contributed by atoms with Gasteiger partial charge in [0.1, 0.15) is 23.5 Å². The molecule has 27 heavy (non-hydrogen) atoms. The number of ether oxygens (including phenoxy) is 1. The van der Waals surface area contributed by atoms with E-state index in [4.69, 9.17) is 9.15 Å². The highest BCUT2D eigenvalue weighted by atomic mass is 16.5. The number of rotatable bonds is 8. The van der Waals surface area contributed by atoms with E-state index in [9.17, 15) is 4.79 Å². The minimum Gasteiger partial charge on any atom is -0.462 e. The van der Waals surface area contributed by atoms with Crippen LogP contribution in [0, 0.1) is 6.92 Å². The molecule has 1 N–H and O–H groups in total. The molecule has 0 spiro atoms. The Balaban J connectivity index is 1.70. The van der Waals surface area contributed by atoms with Crippen molar-refractivity contribution >= 4 is 22.9 Å². The topological polar surface area (TPSA) is 80.5 Å². The quantitative estimate of drug-likeness (QED) is 0.611. The van der Waals surface area contributed by atoms with E-state index in [1.807, 2.05) is 18.2 Å². The molecule has 0 aliphatic carbocycles. The van der Waals surface area contributed by atoms with Gasteiger partial charge in [0.25, 0.3) is 0 Å². The Labute approximate surface area is 158 Å². The molecule has 2 aromatic heterocycles. The molecule has 0 saturated heterocycles. The average molecular weight is 368 g/mol. The van der Waals surface area contributed by atoms with Crippen molar-refractivity contribution in [1.82, 2.24) is 14.9 Å². The van der Waals surface area contributed by atoms with Crippen molar-refractivity contribution in [2.24, 2.45) is 0 Å². The molecule has 0 unspecified atom stereocenters. The maximum atomic E-state index is 12.3. The summed E-state index contributed by atoms with van der Waals surface area (Å²) in [5, 5.41) is 3.86. The second-order valence-corrected chi connectivity index (χ2v) is 6.31. The van der Waals surface area contributed by atoms with Crippen molar-refractivity contribution in [2.75, 3.05) is 32.1 Å². The summed E-state index contributed by atoms with van der Waals surface area (Å²) in [4.78, 5) is 22.9. The molecule has 0 amide bonds. The van der Waals surface area contributed by atoms with Crippen LogP contribution in [0.15, 0.2) is 41.1 Å². The van der Waals surface area contributed by atoms with E-state index in [0.29, 0.717) is 41.4 Å². The van der Waals surface area contributed by atoms with Crippen LogP contribution >= 0.6 is 0 Å². The van der Waals surface area contributed by atoms with Crippen molar-refractivity contribution in [2.45, 2.75) is 20.4 Å². The number of nitrogens with zero attached hydrogens (tertiary/aromatic N) is 3. The highest BCUT2D eigenvalue weighted by molar-refractivity contribution is 6.07. The normalized spacial score (nSPS) is 11.1. The Bertz CT molecular complexity index is 908. The third-order valence-corrected chi connectivity index (χ3v) is 4.23. The number of aryl methyl sites for hydroxylation is 1. The number of hydrogen-bond donors (Lipinski definition) is 1. The number of likely N-dealkylation sites (N-methyl/N-ethyl adjacent to an activating group) is 1. The minimum absolute atomic E-state index is 0.297. The second-order valence-electron chi connectivity index (χ2n) is 6.31. The van der Waals surface area contributed by atoms with E-state index in [-0.39, 0.29) is 0 Å². The van der Waals surface area contributed by atoms with Crippen molar-refractivity contribution in [1.29, 1.82) is 0 Å². The highest BCUT2D eigenvalue weighted by Crippen LogP contribution is 2.29. The van der Waals surface area contributed by atoms with Gasteiger partial charge in [-0.25, -0.2) is 14.8 Å². The Morgan fingerprint density at radius 3 is 2.78 bits per heavy atom. The molecule has 7 nitrogen and oxygen atoms in total. The Kier molecular flexibility index (Phi) is 6.03. The first-order valence-electron chi connectivity index (χ1n) is 8.97. The van der Waals surface area contributed by atoms with Crippen LogP contribution in [-0.2, 0) is 11.3 Å². The lowest BCUT2D eigenvalue weighted by Gasteiger charge is -2.17. The van der Waals surface area contributed by atoms with Gasteiger partial charge >= 0.3 is 5.97 Å². The van der Waals surface area contributed by atoms with Gasteiger partial charge in [0.15, 0.2) is 0 Å². The number of aromatic nitrogens is 2. The smallest absolute Gasteiger partial charge is 0.342 e. The van der Waals surface area contributed by atoms with Crippen molar-refractivity contribution in [3.05, 3.63) is 53.5 Å². The number of carbonyl (C=O) groups excluding carboxylic acids is 1. The fourth-order valence-corrected chi connectivity index (χ4v) is 2.97. The average Bonchev–Trinajstić information content (AvgIpc) is 2.99. The summed E-state index contributed by atoms with van der Waals surface area (Å²) in [6, 6.07) is 10.3. The number of furan rings is 1. The number of nitrogens with one attached hydrogen (secondary N) is 1. The maximum Gasteiger partial charge on any atom is 0.342 e. The zero-order valence-corrected chi connectivity index (χ0v) is 15.9. The SMILES string of the molecule is CCOC(=O)c1c(C)oc2ncnc(NCCN(C)Cc3ccccc3)c12. The van der Waals surface area contributed by atoms with E-state index in [0.717, 1.165) is 13.1 Å². The van der Waals surface area contributed by atoms with Gasteiger partial charge in [0.05, 0.1) is 12.0 Å². The Hall–Kier alpha value is -2.93. The molecule has 0 aliphatic rings. The molecular formula is C20H24N4O3. The van der Waals surface area contributed by atoms with Crippen molar-refractivity contribution in [3.63, 3.8) is 0 Å². The first kappa shape index (κ1) is 18.8. The molecule has 3 rings (SSSR count). The van der Waals surface area contributed by atoms with Gasteiger partial charge < -0.3 is 19.4 Å². The van der Waals surface area contributed by atoms with Crippen LogP contribution < -0.4 is 5.32 Å². The molecule has 142 valence electrons. The molecule has 2 heterocycles. The van der Waals surface area contributed by atoms with Crippen LogP contribution in [0.25, 0.3) is 11.1 Å².